The van der Waals surface area contributed by atoms with Crippen molar-refractivity contribution in [3.8, 4) is 5.75 Å². The molecule has 0 bridgehead atoms. The highest BCUT2D eigenvalue weighted by atomic mass is 16.5. The third-order valence-electron chi connectivity index (χ3n) is 3.66. The minimum atomic E-state index is -0.293. The molecule has 0 aliphatic heterocycles. The maximum Gasteiger partial charge on any atom is 0.257 e. The van der Waals surface area contributed by atoms with E-state index in [0.29, 0.717) is 18.0 Å². The van der Waals surface area contributed by atoms with E-state index in [1.807, 2.05) is 0 Å². The van der Waals surface area contributed by atoms with Gasteiger partial charge in [0.2, 0.25) is 0 Å². The number of carbonyl (C=O) groups is 1. The summed E-state index contributed by atoms with van der Waals surface area (Å²) in [6.45, 7) is 0.479. The van der Waals surface area contributed by atoms with Crippen molar-refractivity contribution in [2.24, 2.45) is 5.92 Å². The number of rotatable bonds is 5. The van der Waals surface area contributed by atoms with Crippen molar-refractivity contribution >= 4 is 11.6 Å². The van der Waals surface area contributed by atoms with Gasteiger partial charge in [0.25, 0.3) is 5.91 Å². The van der Waals surface area contributed by atoms with Gasteiger partial charge in [0.1, 0.15) is 5.75 Å². The van der Waals surface area contributed by atoms with Gasteiger partial charge in [-0.05, 0) is 25.0 Å². The molecule has 20 heavy (non-hydrogen) atoms. The van der Waals surface area contributed by atoms with E-state index < -0.39 is 0 Å². The number of hydrogen-bond acceptors (Lipinski definition) is 4. The molecule has 2 atom stereocenters. The van der Waals surface area contributed by atoms with E-state index in [-0.39, 0.29) is 24.5 Å². The number of nitrogens with two attached hydrogens (primary N) is 1. The molecule has 0 spiro atoms. The van der Waals surface area contributed by atoms with Crippen LogP contribution in [0.1, 0.15) is 25.7 Å². The molecule has 0 aromatic heterocycles. The van der Waals surface area contributed by atoms with Crippen molar-refractivity contribution in [2.45, 2.75) is 31.8 Å². The SMILES string of the molecule is Nc1cccc(OCC(=O)NCC2CCCCC2O)c1. The predicted molar refractivity (Wildman–Crippen MR) is 77.3 cm³/mol. The molecule has 1 aliphatic rings. The minimum Gasteiger partial charge on any atom is -0.484 e. The lowest BCUT2D eigenvalue weighted by atomic mass is 9.86. The molecule has 110 valence electrons. The fourth-order valence-electron chi connectivity index (χ4n) is 2.48. The first kappa shape index (κ1) is 14.7. The van der Waals surface area contributed by atoms with Crippen LogP contribution in [0.3, 0.4) is 0 Å². The number of anilines is 1. The molecule has 1 amide bonds. The predicted octanol–water partition coefficient (Wildman–Crippen LogP) is 1.31. The van der Waals surface area contributed by atoms with Gasteiger partial charge in [-0.2, -0.15) is 0 Å². The van der Waals surface area contributed by atoms with Crippen LogP contribution >= 0.6 is 0 Å². The molecule has 5 nitrogen and oxygen atoms in total. The fourth-order valence-corrected chi connectivity index (χ4v) is 2.48. The summed E-state index contributed by atoms with van der Waals surface area (Å²) in [6, 6.07) is 6.98. The third kappa shape index (κ3) is 4.42. The summed E-state index contributed by atoms with van der Waals surface area (Å²) in [5, 5.41) is 12.6. The van der Waals surface area contributed by atoms with Crippen LogP contribution in [-0.4, -0.2) is 30.3 Å². The molecular formula is C15H22N2O3. The second-order valence-electron chi connectivity index (χ2n) is 5.28. The zero-order chi connectivity index (χ0) is 14.4. The Labute approximate surface area is 119 Å². The molecule has 2 rings (SSSR count). The molecule has 1 aromatic rings. The summed E-state index contributed by atoms with van der Waals surface area (Å²) in [7, 11) is 0. The number of ether oxygens (including phenoxy) is 1. The highest BCUT2D eigenvalue weighted by molar-refractivity contribution is 5.77. The Hall–Kier alpha value is -1.75. The summed E-state index contributed by atoms with van der Waals surface area (Å²) in [5.74, 6) is 0.572. The molecule has 5 heteroatoms. The van der Waals surface area contributed by atoms with Crippen molar-refractivity contribution in [1.29, 1.82) is 0 Å². The van der Waals surface area contributed by atoms with Crippen molar-refractivity contribution in [2.75, 3.05) is 18.9 Å². The Balaban J connectivity index is 1.70. The molecule has 1 saturated carbocycles. The van der Waals surface area contributed by atoms with Gasteiger partial charge in [-0.1, -0.05) is 18.9 Å². The van der Waals surface area contributed by atoms with Crippen molar-refractivity contribution in [3.05, 3.63) is 24.3 Å². The van der Waals surface area contributed by atoms with Crippen LogP contribution in [0, 0.1) is 5.92 Å². The van der Waals surface area contributed by atoms with Gasteiger partial charge in [-0.25, -0.2) is 0 Å². The number of aliphatic hydroxyl groups excluding tert-OH is 1. The second-order valence-corrected chi connectivity index (χ2v) is 5.28. The number of hydrogen-bond donors (Lipinski definition) is 3. The first-order chi connectivity index (χ1) is 9.65. The van der Waals surface area contributed by atoms with Crippen LogP contribution in [0.25, 0.3) is 0 Å². The molecule has 0 saturated heterocycles. The summed E-state index contributed by atoms with van der Waals surface area (Å²) in [4.78, 5) is 11.7. The van der Waals surface area contributed by atoms with Gasteiger partial charge in [-0.3, -0.25) is 4.79 Å². The van der Waals surface area contributed by atoms with Crippen molar-refractivity contribution < 1.29 is 14.6 Å². The van der Waals surface area contributed by atoms with Crippen LogP contribution < -0.4 is 15.8 Å². The van der Waals surface area contributed by atoms with Gasteiger partial charge < -0.3 is 20.9 Å². The quantitative estimate of drug-likeness (QED) is 0.709. The van der Waals surface area contributed by atoms with Gasteiger partial charge in [-0.15, -0.1) is 0 Å². The molecule has 0 heterocycles. The van der Waals surface area contributed by atoms with Crippen molar-refractivity contribution in [1.82, 2.24) is 5.32 Å². The molecule has 0 radical (unpaired) electrons. The van der Waals surface area contributed by atoms with E-state index in [2.05, 4.69) is 5.32 Å². The number of carbonyl (C=O) groups excluding carboxylic acids is 1. The maximum atomic E-state index is 11.7. The summed E-state index contributed by atoms with van der Waals surface area (Å²) < 4.78 is 5.36. The Morgan fingerprint density at radius 3 is 2.95 bits per heavy atom. The molecule has 2 unspecified atom stereocenters. The molecular weight excluding hydrogens is 256 g/mol. The van der Waals surface area contributed by atoms with E-state index in [1.165, 1.54) is 0 Å². The minimum absolute atomic E-state index is 0.0354. The zero-order valence-electron chi connectivity index (χ0n) is 11.5. The lowest BCUT2D eigenvalue weighted by molar-refractivity contribution is -0.123. The van der Waals surface area contributed by atoms with Crippen molar-refractivity contribution in [3.63, 3.8) is 0 Å². The number of amides is 1. The first-order valence-electron chi connectivity index (χ1n) is 7.08. The Morgan fingerprint density at radius 1 is 1.40 bits per heavy atom. The Kier molecular flexibility index (Phi) is 5.24. The van der Waals surface area contributed by atoms with E-state index in [1.54, 1.807) is 24.3 Å². The summed E-state index contributed by atoms with van der Waals surface area (Å²) in [6.07, 6.45) is 3.71. The number of benzene rings is 1. The van der Waals surface area contributed by atoms with Gasteiger partial charge in [0.05, 0.1) is 6.10 Å². The average Bonchev–Trinajstić information content (AvgIpc) is 2.44. The fraction of sp³-hybridized carbons (Fsp3) is 0.533. The van der Waals surface area contributed by atoms with E-state index >= 15 is 0 Å². The van der Waals surface area contributed by atoms with Crippen LogP contribution in [0.5, 0.6) is 5.75 Å². The standard InChI is InChI=1S/C15H22N2O3/c16-12-5-3-6-13(8-12)20-10-15(19)17-9-11-4-1-2-7-14(11)18/h3,5-6,8,11,14,18H,1-2,4,7,9-10,16H2,(H,17,19). The highest BCUT2D eigenvalue weighted by Gasteiger charge is 2.23. The lowest BCUT2D eigenvalue weighted by Gasteiger charge is -2.27. The van der Waals surface area contributed by atoms with Gasteiger partial charge in [0.15, 0.2) is 6.61 Å². The Morgan fingerprint density at radius 2 is 2.20 bits per heavy atom. The van der Waals surface area contributed by atoms with E-state index in [4.69, 9.17) is 10.5 Å². The maximum absolute atomic E-state index is 11.7. The first-order valence-corrected chi connectivity index (χ1v) is 7.08. The third-order valence-corrected chi connectivity index (χ3v) is 3.66. The molecule has 1 aromatic carbocycles. The monoisotopic (exact) mass is 278 g/mol. The number of nitrogens with one attached hydrogen (secondary N) is 1. The molecule has 1 aliphatic carbocycles. The van der Waals surface area contributed by atoms with E-state index in [9.17, 15) is 9.90 Å². The van der Waals surface area contributed by atoms with Gasteiger partial charge in [0, 0.05) is 24.2 Å². The van der Waals surface area contributed by atoms with Crippen LogP contribution in [-0.2, 0) is 4.79 Å². The second kappa shape index (κ2) is 7.14. The molecule has 1 fully saturated rings. The number of aliphatic hydroxyl groups is 1. The zero-order valence-corrected chi connectivity index (χ0v) is 11.5. The van der Waals surface area contributed by atoms with Crippen LogP contribution in [0.4, 0.5) is 5.69 Å². The summed E-state index contributed by atoms with van der Waals surface area (Å²) >= 11 is 0. The smallest absolute Gasteiger partial charge is 0.257 e. The van der Waals surface area contributed by atoms with Gasteiger partial charge >= 0.3 is 0 Å². The average molecular weight is 278 g/mol. The van der Waals surface area contributed by atoms with Crippen LogP contribution in [0.2, 0.25) is 0 Å². The normalized spacial score (nSPS) is 22.2. The topological polar surface area (TPSA) is 84.6 Å². The largest absolute Gasteiger partial charge is 0.484 e. The summed E-state index contributed by atoms with van der Waals surface area (Å²) in [5.41, 5.74) is 6.23. The van der Waals surface area contributed by atoms with Crippen LogP contribution in [0.15, 0.2) is 24.3 Å². The molecule has 4 N–H and O–H groups in total. The lowest BCUT2D eigenvalue weighted by Crippen LogP contribution is -2.38. The van der Waals surface area contributed by atoms with E-state index in [0.717, 1.165) is 25.7 Å². The Bertz CT molecular complexity index is 450. The number of nitrogen functional groups attached to an aromatic ring is 1. The highest BCUT2D eigenvalue weighted by Crippen LogP contribution is 2.23.